The van der Waals surface area contributed by atoms with Crippen molar-refractivity contribution in [1.82, 2.24) is 18.7 Å². The molecule has 0 amide bonds. The summed E-state index contributed by atoms with van der Waals surface area (Å²) in [5, 5.41) is 7.10. The number of fused-ring (bicyclic) bond motifs is 10. The van der Waals surface area contributed by atoms with Crippen molar-refractivity contribution in [2.24, 2.45) is 14.1 Å². The van der Waals surface area contributed by atoms with Crippen LogP contribution in [0, 0.1) is 18.8 Å². The van der Waals surface area contributed by atoms with Gasteiger partial charge in [0.25, 0.3) is 0 Å². The molecule has 362 valence electrons. The number of benzene rings is 9. The number of hydrogen-bond donors (Lipinski definition) is 0. The van der Waals surface area contributed by atoms with Crippen LogP contribution in [0.3, 0.4) is 0 Å². The van der Waals surface area contributed by atoms with Gasteiger partial charge in [-0.3, -0.25) is 0 Å². The first-order chi connectivity index (χ1) is 35.7. The Bertz CT molecular complexity index is 4260. The summed E-state index contributed by atoms with van der Waals surface area (Å²) in [5.74, 6) is 1.99. The van der Waals surface area contributed by atoms with E-state index in [0.29, 0.717) is 11.5 Å². The van der Waals surface area contributed by atoms with Crippen LogP contribution in [0.5, 0.6) is 11.5 Å². The maximum absolute atomic E-state index is 6.83. The van der Waals surface area contributed by atoms with E-state index in [2.05, 4.69) is 253 Å². The zero-order valence-electron chi connectivity index (χ0n) is 41.5. The Labute approximate surface area is 444 Å². The Balaban J connectivity index is 0.00000528. The molecular weight excluding hydrogens is 1090 g/mol. The average molecular weight is 1140 g/mol. The number of hydrogen-bond acceptors (Lipinski definition) is 4. The van der Waals surface area contributed by atoms with Crippen LogP contribution in [0.15, 0.2) is 200 Å². The van der Waals surface area contributed by atoms with Gasteiger partial charge in [0.05, 0.1) is 16.7 Å². The third-order valence-corrected chi connectivity index (χ3v) is 14.9. The number of ether oxygens (including phenoxy) is 1. The number of rotatable bonds is 7. The standard InChI is InChI=1S/C66H49N6O.Pt/c1-66(2,3)55-39-62(67-40-54(55)43-21-10-7-11-22-43)72-58-34-31-44(42-19-8-6-9-20-42)35-51(58)50-33-32-47(37-61(50)72)73-46-24-18-23-45(36-46)70-41-71(60-30-17-16-29-59(60)70)65-63-52(48-25-12-14-27-56(48)68(63)4)38-53-49-26-13-15-28-57(49)69(5)64(53)65;/h6-35,38-41H,1-5H3;/q-3;. The molecule has 0 saturated heterocycles. The third-order valence-electron chi connectivity index (χ3n) is 14.9. The molecule has 0 fully saturated rings. The minimum atomic E-state index is -0.156. The minimum absolute atomic E-state index is 0. The van der Waals surface area contributed by atoms with Gasteiger partial charge in [-0.25, -0.2) is 4.98 Å². The van der Waals surface area contributed by atoms with Crippen LogP contribution < -0.4 is 14.5 Å². The predicted molar refractivity (Wildman–Crippen MR) is 302 cm³/mol. The molecule has 1 aliphatic rings. The maximum Gasteiger partial charge on any atom is 0.135 e. The van der Waals surface area contributed by atoms with Gasteiger partial charge in [-0.15, -0.1) is 48.1 Å². The van der Waals surface area contributed by atoms with E-state index in [1.807, 2.05) is 24.4 Å². The average Bonchev–Trinajstić information content (AvgIpc) is 4.15. The number of anilines is 4. The fraction of sp³-hybridized carbons (Fsp3) is 0.0909. The quantitative estimate of drug-likeness (QED) is 0.149. The molecule has 0 N–H and O–H groups in total. The first kappa shape index (κ1) is 45.5. The summed E-state index contributed by atoms with van der Waals surface area (Å²) in [4.78, 5) is 9.81. The van der Waals surface area contributed by atoms with Crippen molar-refractivity contribution in [3.05, 3.63) is 225 Å². The summed E-state index contributed by atoms with van der Waals surface area (Å²) in [6.07, 6.45) is 2.03. The molecule has 0 radical (unpaired) electrons. The van der Waals surface area contributed by atoms with Gasteiger partial charge in [-0.05, 0) is 75.5 Å². The molecule has 8 heteroatoms. The van der Waals surface area contributed by atoms with Gasteiger partial charge in [0.15, 0.2) is 0 Å². The van der Waals surface area contributed by atoms with Crippen molar-refractivity contribution >= 4 is 88.2 Å². The third kappa shape index (κ3) is 7.09. The molecule has 0 atom stereocenters. The summed E-state index contributed by atoms with van der Waals surface area (Å²) in [6.45, 7) is 9.02. The van der Waals surface area contributed by atoms with Gasteiger partial charge in [0.1, 0.15) is 5.82 Å². The van der Waals surface area contributed by atoms with E-state index in [1.165, 1.54) is 54.7 Å². The summed E-state index contributed by atoms with van der Waals surface area (Å²) in [6, 6.07) is 76.2. The molecule has 1 aliphatic heterocycles. The van der Waals surface area contributed by atoms with E-state index >= 15 is 0 Å². The number of pyridine rings is 1. The topological polar surface area (TPSA) is 43.4 Å². The molecule has 13 aromatic rings. The number of para-hydroxylation sites is 4. The first-order valence-corrected chi connectivity index (χ1v) is 24.9. The SMILES string of the molecule is Cn1c2ccccc2c2cc3c4ccccc4n(C)c3c(N3[CH-]N(c4[c-]c(Oc5[c-]c6c(cc5)c5cc(-c7ccccc7)ccc5n6-c5cc(C(C)(C)C)c(-c6ccccc6)cn5)ccc4)c4ccccc43)c21.[Pt]. The monoisotopic (exact) mass is 1140 g/mol. The molecule has 0 unspecified atom stereocenters. The summed E-state index contributed by atoms with van der Waals surface area (Å²) < 4.78 is 13.8. The van der Waals surface area contributed by atoms with Crippen LogP contribution in [-0.2, 0) is 40.6 Å². The Morgan fingerprint density at radius 1 is 0.486 bits per heavy atom. The van der Waals surface area contributed by atoms with Gasteiger partial charge in [-0.1, -0.05) is 148 Å². The van der Waals surface area contributed by atoms with Crippen LogP contribution in [0.25, 0.3) is 93.5 Å². The molecule has 0 aliphatic carbocycles. The van der Waals surface area contributed by atoms with Gasteiger partial charge >= 0.3 is 0 Å². The molecule has 5 heterocycles. The number of aromatic nitrogens is 4. The summed E-state index contributed by atoms with van der Waals surface area (Å²) >= 11 is 0. The zero-order chi connectivity index (χ0) is 49.1. The Morgan fingerprint density at radius 3 is 1.77 bits per heavy atom. The van der Waals surface area contributed by atoms with E-state index < -0.39 is 0 Å². The number of nitrogens with zero attached hydrogens (tertiary/aromatic N) is 6. The van der Waals surface area contributed by atoms with Crippen LogP contribution in [0.2, 0.25) is 0 Å². The van der Waals surface area contributed by atoms with Crippen LogP contribution in [0.1, 0.15) is 26.3 Å². The van der Waals surface area contributed by atoms with Crippen LogP contribution in [-0.4, -0.2) is 18.7 Å². The van der Waals surface area contributed by atoms with Gasteiger partial charge in [0, 0.05) is 108 Å². The fourth-order valence-corrected chi connectivity index (χ4v) is 11.5. The van der Waals surface area contributed by atoms with E-state index in [0.717, 1.165) is 67.1 Å². The number of aryl methyl sites for hydroxylation is 2. The second-order valence-electron chi connectivity index (χ2n) is 20.2. The van der Waals surface area contributed by atoms with Crippen molar-refractivity contribution in [2.75, 3.05) is 9.80 Å². The van der Waals surface area contributed by atoms with Gasteiger partial charge in [-0.2, -0.15) is 12.1 Å². The summed E-state index contributed by atoms with van der Waals surface area (Å²) in [7, 11) is 4.38. The summed E-state index contributed by atoms with van der Waals surface area (Å²) in [5.41, 5.74) is 16.4. The molecule has 74 heavy (non-hydrogen) atoms. The van der Waals surface area contributed by atoms with Crippen molar-refractivity contribution in [3.8, 4) is 39.6 Å². The maximum atomic E-state index is 6.83. The largest absolute Gasteiger partial charge is 0.509 e. The van der Waals surface area contributed by atoms with Crippen LogP contribution >= 0.6 is 0 Å². The zero-order valence-corrected chi connectivity index (χ0v) is 43.8. The molecule has 7 nitrogen and oxygen atoms in total. The molecule has 0 saturated carbocycles. The second-order valence-corrected chi connectivity index (χ2v) is 20.2. The first-order valence-electron chi connectivity index (χ1n) is 24.9. The van der Waals surface area contributed by atoms with Crippen molar-refractivity contribution < 1.29 is 25.8 Å². The van der Waals surface area contributed by atoms with Crippen molar-refractivity contribution in [2.45, 2.75) is 26.2 Å². The normalized spacial score (nSPS) is 12.7. The second kappa shape index (κ2) is 17.4. The van der Waals surface area contributed by atoms with E-state index in [4.69, 9.17) is 9.72 Å². The molecule has 4 aromatic heterocycles. The van der Waals surface area contributed by atoms with E-state index in [1.54, 1.807) is 0 Å². The molecule has 9 aromatic carbocycles. The molecular formula is C66H49N6OPt-3. The molecule has 14 rings (SSSR count). The van der Waals surface area contributed by atoms with E-state index in [9.17, 15) is 0 Å². The van der Waals surface area contributed by atoms with Crippen molar-refractivity contribution in [1.29, 1.82) is 0 Å². The smallest absolute Gasteiger partial charge is 0.135 e. The van der Waals surface area contributed by atoms with Gasteiger partial charge in [0.2, 0.25) is 0 Å². The Kier molecular flexibility index (Phi) is 10.7. The Hall–Kier alpha value is -8.38. The van der Waals surface area contributed by atoms with Gasteiger partial charge < -0.3 is 28.2 Å². The molecule has 0 spiro atoms. The van der Waals surface area contributed by atoms with Crippen molar-refractivity contribution in [3.63, 3.8) is 0 Å². The molecule has 0 bridgehead atoms. The minimum Gasteiger partial charge on any atom is -0.509 e. The van der Waals surface area contributed by atoms with Crippen LogP contribution in [0.4, 0.5) is 22.7 Å². The van der Waals surface area contributed by atoms with E-state index in [-0.39, 0.29) is 26.5 Å². The Morgan fingerprint density at radius 2 is 1.09 bits per heavy atom. The predicted octanol–water partition coefficient (Wildman–Crippen LogP) is 16.9. The fourth-order valence-electron chi connectivity index (χ4n) is 11.5.